The predicted octanol–water partition coefficient (Wildman–Crippen LogP) is 4.00. The molecule has 0 radical (unpaired) electrons. The van der Waals surface area contributed by atoms with Crippen LogP contribution in [0.15, 0.2) is 34.8 Å². The number of alkyl halides is 2. The van der Waals surface area contributed by atoms with Crippen LogP contribution in [-0.4, -0.2) is 20.2 Å². The zero-order valence-corrected chi connectivity index (χ0v) is 14.7. The van der Waals surface area contributed by atoms with Gasteiger partial charge in [-0.2, -0.15) is 10.2 Å². The maximum absolute atomic E-state index is 12.0. The third-order valence-corrected chi connectivity index (χ3v) is 5.18. The van der Waals surface area contributed by atoms with E-state index in [9.17, 15) is 15.2 Å². The number of hydrogen-bond donors (Lipinski definition) is 1. The number of hydrogen-bond acceptors (Lipinski definition) is 5. The van der Waals surface area contributed by atoms with Crippen molar-refractivity contribution < 1.29 is 5.11 Å². The summed E-state index contributed by atoms with van der Waals surface area (Å²) in [6.07, 6.45) is 0.611. The Morgan fingerprint density at radius 1 is 1.48 bits per heavy atom. The number of aromatic nitrogens is 1. The highest BCUT2D eigenvalue weighted by molar-refractivity contribution is 9.10. The van der Waals surface area contributed by atoms with Crippen LogP contribution in [0.25, 0.3) is 15.7 Å². The van der Waals surface area contributed by atoms with Crippen molar-refractivity contribution in [3.05, 3.63) is 45.4 Å². The molecule has 2 aromatic rings. The van der Waals surface area contributed by atoms with Crippen molar-refractivity contribution in [2.45, 2.75) is 11.2 Å². The maximum atomic E-state index is 12.0. The Morgan fingerprint density at radius 2 is 2.19 bits per heavy atom. The first-order chi connectivity index (χ1) is 10.1. The normalized spacial score (nSPS) is 13.6. The first-order valence-electron chi connectivity index (χ1n) is 6.02. The summed E-state index contributed by atoms with van der Waals surface area (Å²) in [5.74, 6) is -0.101. The van der Waals surface area contributed by atoms with Gasteiger partial charge in [0.2, 0.25) is 0 Å². The van der Waals surface area contributed by atoms with Crippen LogP contribution in [-0.2, 0) is 0 Å². The minimum atomic E-state index is -0.397. The van der Waals surface area contributed by atoms with E-state index < -0.39 is 5.56 Å². The van der Waals surface area contributed by atoms with Crippen LogP contribution in [0.5, 0.6) is 0 Å². The Bertz CT molecular complexity index is 795. The van der Waals surface area contributed by atoms with Crippen molar-refractivity contribution in [1.82, 2.24) is 4.98 Å². The van der Waals surface area contributed by atoms with E-state index in [-0.39, 0.29) is 21.2 Å². The zero-order chi connectivity index (χ0) is 15.4. The minimum absolute atomic E-state index is 0.0330. The molecule has 0 aliphatic heterocycles. The summed E-state index contributed by atoms with van der Waals surface area (Å²) in [7, 11) is 0. The van der Waals surface area contributed by atoms with Gasteiger partial charge in [0, 0.05) is 10.0 Å². The molecule has 1 atom stereocenters. The average molecular weight is 430 g/mol. The molecule has 0 saturated heterocycles. The number of aliphatic hydroxyl groups is 1. The molecule has 0 amide bonds. The van der Waals surface area contributed by atoms with E-state index in [2.05, 4.69) is 36.8 Å². The highest BCUT2D eigenvalue weighted by Crippen LogP contribution is 2.27. The molecule has 0 aliphatic rings. The van der Waals surface area contributed by atoms with E-state index in [4.69, 9.17) is 0 Å². The van der Waals surface area contributed by atoms with Crippen LogP contribution in [0.3, 0.4) is 0 Å². The number of nitriles is 1. The van der Waals surface area contributed by atoms with Crippen molar-refractivity contribution in [1.29, 1.82) is 5.26 Å². The molecule has 1 heterocycles. The summed E-state index contributed by atoms with van der Waals surface area (Å²) in [6, 6.07) is 9.01. The van der Waals surface area contributed by atoms with Crippen molar-refractivity contribution in [2.75, 3.05) is 5.33 Å². The monoisotopic (exact) mass is 428 g/mol. The molecule has 108 valence electrons. The Kier molecular flexibility index (Phi) is 5.51. The fourth-order valence-corrected chi connectivity index (χ4v) is 4.25. The van der Waals surface area contributed by atoms with Gasteiger partial charge in [-0.1, -0.05) is 44.0 Å². The quantitative estimate of drug-likeness (QED) is 0.452. The molecule has 0 spiro atoms. The third-order valence-electron chi connectivity index (χ3n) is 2.77. The number of allylic oxidation sites excluding steroid dienone is 2. The Balaban J connectivity index is 2.61. The van der Waals surface area contributed by atoms with Gasteiger partial charge in [0.1, 0.15) is 22.4 Å². The number of rotatable bonds is 4. The largest absolute Gasteiger partial charge is 0.510 e. The second-order valence-electron chi connectivity index (χ2n) is 4.14. The number of nitrogens with zero attached hydrogens (tertiary/aromatic N) is 2. The second-order valence-corrected chi connectivity index (χ2v) is 7.07. The lowest BCUT2D eigenvalue weighted by Gasteiger charge is -2.09. The van der Waals surface area contributed by atoms with Gasteiger partial charge in [-0.25, -0.2) is 0 Å². The second kappa shape index (κ2) is 7.16. The van der Waals surface area contributed by atoms with Gasteiger partial charge in [0.05, 0.1) is 10.2 Å². The van der Waals surface area contributed by atoms with E-state index in [0.29, 0.717) is 17.1 Å². The molecule has 1 aromatic carbocycles. The van der Waals surface area contributed by atoms with E-state index in [1.165, 1.54) is 11.3 Å². The summed E-state index contributed by atoms with van der Waals surface area (Å²) >= 11 is 7.81. The average Bonchev–Trinajstić information content (AvgIpc) is 2.48. The first-order valence-corrected chi connectivity index (χ1v) is 8.87. The fraction of sp³-hybridized carbons (Fsp3) is 0.214. The Morgan fingerprint density at radius 3 is 2.86 bits per heavy atom. The number of benzene rings is 1. The number of halogens is 2. The third kappa shape index (κ3) is 3.51. The van der Waals surface area contributed by atoms with Gasteiger partial charge in [0.25, 0.3) is 5.56 Å². The molecule has 0 aliphatic carbocycles. The molecule has 4 nitrogen and oxygen atoms in total. The Labute approximate surface area is 142 Å². The molecule has 7 heteroatoms. The topological polar surface area (TPSA) is 74.0 Å². The molecular weight excluding hydrogens is 420 g/mol. The van der Waals surface area contributed by atoms with E-state index in [1.807, 2.05) is 12.1 Å². The smallest absolute Gasteiger partial charge is 0.279 e. The highest BCUT2D eigenvalue weighted by Gasteiger charge is 2.18. The molecule has 0 bridgehead atoms. The SMILES string of the molecule is N#CC(=C(O)C(Br)CCBr)c1nc(=O)c2ccccc2s1. The summed E-state index contributed by atoms with van der Waals surface area (Å²) in [5, 5.41) is 20.9. The van der Waals surface area contributed by atoms with Crippen LogP contribution >= 0.6 is 43.2 Å². The van der Waals surface area contributed by atoms with Crippen LogP contribution in [0.2, 0.25) is 0 Å². The fourth-order valence-electron chi connectivity index (χ4n) is 1.72. The van der Waals surface area contributed by atoms with Gasteiger partial charge in [-0.3, -0.25) is 4.79 Å². The Hall–Kier alpha value is -1.23. The first kappa shape index (κ1) is 16.1. The molecule has 1 N–H and O–H groups in total. The number of aliphatic hydroxyl groups excluding tert-OH is 1. The van der Waals surface area contributed by atoms with Crippen molar-refractivity contribution >= 4 is 58.9 Å². The highest BCUT2D eigenvalue weighted by atomic mass is 79.9. The maximum Gasteiger partial charge on any atom is 0.279 e. The summed E-state index contributed by atoms with van der Waals surface area (Å²) < 4.78 is 0.736. The van der Waals surface area contributed by atoms with E-state index in [0.717, 1.165) is 4.70 Å². The lowest BCUT2D eigenvalue weighted by atomic mass is 10.2. The summed E-state index contributed by atoms with van der Waals surface area (Å²) in [5.41, 5.74) is -0.364. The predicted molar refractivity (Wildman–Crippen MR) is 92.2 cm³/mol. The van der Waals surface area contributed by atoms with Crippen molar-refractivity contribution in [2.24, 2.45) is 0 Å². The minimum Gasteiger partial charge on any atom is -0.510 e. The van der Waals surface area contributed by atoms with Crippen molar-refractivity contribution in [3.63, 3.8) is 0 Å². The molecule has 0 fully saturated rings. The molecule has 0 saturated carbocycles. The lowest BCUT2D eigenvalue weighted by molar-refractivity contribution is 0.397. The standard InChI is InChI=1S/C14H10Br2N2O2S/c15-6-5-10(16)12(19)9(7-17)14-18-13(20)8-3-1-2-4-11(8)21-14/h1-4,10,19H,5-6H2. The van der Waals surface area contributed by atoms with E-state index in [1.54, 1.807) is 18.2 Å². The van der Waals surface area contributed by atoms with Gasteiger partial charge in [0.15, 0.2) is 0 Å². The van der Waals surface area contributed by atoms with Gasteiger partial charge < -0.3 is 5.11 Å². The van der Waals surface area contributed by atoms with Crippen LogP contribution in [0.4, 0.5) is 0 Å². The van der Waals surface area contributed by atoms with E-state index >= 15 is 0 Å². The molecule has 1 unspecified atom stereocenters. The molecule has 1 aromatic heterocycles. The molecule has 2 rings (SSSR count). The van der Waals surface area contributed by atoms with Crippen LogP contribution < -0.4 is 5.56 Å². The van der Waals surface area contributed by atoms with Gasteiger partial charge in [-0.05, 0) is 18.6 Å². The lowest BCUT2D eigenvalue weighted by Crippen LogP contribution is -2.10. The van der Waals surface area contributed by atoms with Crippen LogP contribution in [0, 0.1) is 11.3 Å². The molecule has 21 heavy (non-hydrogen) atoms. The molecular formula is C14H10Br2N2O2S. The van der Waals surface area contributed by atoms with Gasteiger partial charge in [-0.15, -0.1) is 11.3 Å². The summed E-state index contributed by atoms with van der Waals surface area (Å²) in [4.78, 5) is 15.6. The van der Waals surface area contributed by atoms with Crippen LogP contribution in [0.1, 0.15) is 11.4 Å². The van der Waals surface area contributed by atoms with Crippen molar-refractivity contribution in [3.8, 4) is 6.07 Å². The number of fused-ring (bicyclic) bond motifs is 1. The zero-order valence-electron chi connectivity index (χ0n) is 10.7. The van der Waals surface area contributed by atoms with Gasteiger partial charge >= 0.3 is 0 Å². The summed E-state index contributed by atoms with van der Waals surface area (Å²) in [6.45, 7) is 0.